The summed E-state index contributed by atoms with van der Waals surface area (Å²) in [4.78, 5) is 3.86. The van der Waals surface area contributed by atoms with Crippen LogP contribution in [0.25, 0.3) is 0 Å². The van der Waals surface area contributed by atoms with E-state index in [0.29, 0.717) is 13.0 Å². The molecular formula is C12H12F2N2O. The second kappa shape index (κ2) is 5.05. The highest BCUT2D eigenvalue weighted by molar-refractivity contribution is 5.20. The van der Waals surface area contributed by atoms with Crippen LogP contribution in [0.1, 0.15) is 18.1 Å². The summed E-state index contributed by atoms with van der Waals surface area (Å²) >= 11 is 0. The summed E-state index contributed by atoms with van der Waals surface area (Å²) in [6.07, 6.45) is 4.41. The number of aryl methyl sites for hydroxylation is 1. The molecule has 1 aromatic heterocycles. The van der Waals surface area contributed by atoms with Gasteiger partial charge in [0, 0.05) is 30.6 Å². The number of nitrogens with zero attached hydrogens (tertiary/aromatic N) is 2. The van der Waals surface area contributed by atoms with E-state index >= 15 is 0 Å². The largest absolute Gasteiger partial charge is 0.388 e. The first kappa shape index (κ1) is 11.7. The number of halogens is 2. The Labute approximate surface area is 97.3 Å². The van der Waals surface area contributed by atoms with Crippen molar-refractivity contribution in [3.63, 3.8) is 0 Å². The first-order valence-electron chi connectivity index (χ1n) is 5.25. The van der Waals surface area contributed by atoms with Crippen LogP contribution in [0.15, 0.2) is 36.9 Å². The molecule has 0 aliphatic heterocycles. The van der Waals surface area contributed by atoms with Crippen molar-refractivity contribution in [1.82, 2.24) is 9.55 Å². The topological polar surface area (TPSA) is 38.0 Å². The molecule has 1 unspecified atom stereocenters. The smallest absolute Gasteiger partial charge is 0.131 e. The predicted molar refractivity (Wildman–Crippen MR) is 58.2 cm³/mol. The van der Waals surface area contributed by atoms with Gasteiger partial charge in [-0.25, -0.2) is 13.8 Å². The molecule has 0 bridgehead atoms. The quantitative estimate of drug-likeness (QED) is 0.887. The van der Waals surface area contributed by atoms with E-state index in [0.717, 1.165) is 12.1 Å². The van der Waals surface area contributed by atoms with E-state index in [4.69, 9.17) is 0 Å². The van der Waals surface area contributed by atoms with E-state index in [1.807, 2.05) is 0 Å². The summed E-state index contributed by atoms with van der Waals surface area (Å²) in [5.74, 6) is -1.36. The average molecular weight is 238 g/mol. The van der Waals surface area contributed by atoms with Crippen LogP contribution >= 0.6 is 0 Å². The molecule has 90 valence electrons. The molecule has 0 aliphatic rings. The Morgan fingerprint density at radius 2 is 2.18 bits per heavy atom. The van der Waals surface area contributed by atoms with Gasteiger partial charge in [-0.1, -0.05) is 6.07 Å². The summed E-state index contributed by atoms with van der Waals surface area (Å²) in [7, 11) is 0. The van der Waals surface area contributed by atoms with Crippen LogP contribution in [0.5, 0.6) is 0 Å². The van der Waals surface area contributed by atoms with Gasteiger partial charge in [-0.05, 0) is 12.5 Å². The summed E-state index contributed by atoms with van der Waals surface area (Å²) in [6, 6.07) is 3.18. The zero-order valence-corrected chi connectivity index (χ0v) is 9.05. The van der Waals surface area contributed by atoms with E-state index < -0.39 is 17.7 Å². The van der Waals surface area contributed by atoms with Gasteiger partial charge in [-0.2, -0.15) is 0 Å². The van der Waals surface area contributed by atoms with Crippen LogP contribution in [0.4, 0.5) is 8.78 Å². The van der Waals surface area contributed by atoms with E-state index in [1.165, 1.54) is 6.07 Å². The number of aliphatic hydroxyl groups is 1. The van der Waals surface area contributed by atoms with Crippen molar-refractivity contribution in [2.24, 2.45) is 0 Å². The number of aromatic nitrogens is 2. The molecule has 17 heavy (non-hydrogen) atoms. The van der Waals surface area contributed by atoms with Crippen molar-refractivity contribution < 1.29 is 13.9 Å². The maximum atomic E-state index is 13.3. The fourth-order valence-corrected chi connectivity index (χ4v) is 1.62. The van der Waals surface area contributed by atoms with Crippen LogP contribution < -0.4 is 0 Å². The van der Waals surface area contributed by atoms with Gasteiger partial charge >= 0.3 is 0 Å². The number of hydrogen-bond acceptors (Lipinski definition) is 2. The summed E-state index contributed by atoms with van der Waals surface area (Å²) < 4.78 is 27.8. The predicted octanol–water partition coefficient (Wildman–Crippen LogP) is 2.29. The number of aliphatic hydroxyl groups excluding tert-OH is 1. The summed E-state index contributed by atoms with van der Waals surface area (Å²) in [6.45, 7) is 0.526. The Bertz CT molecular complexity index is 485. The minimum atomic E-state index is -0.946. The molecular weight excluding hydrogens is 226 g/mol. The van der Waals surface area contributed by atoms with Crippen LogP contribution in [0, 0.1) is 11.6 Å². The molecule has 1 N–H and O–H groups in total. The number of imidazole rings is 1. The lowest BCUT2D eigenvalue weighted by molar-refractivity contribution is 0.156. The zero-order valence-electron chi connectivity index (χ0n) is 9.05. The molecule has 3 nitrogen and oxygen atoms in total. The monoisotopic (exact) mass is 238 g/mol. The SMILES string of the molecule is OC(CCn1ccnc1)c1ccc(F)cc1F. The van der Waals surface area contributed by atoms with Crippen LogP contribution in [-0.2, 0) is 6.54 Å². The van der Waals surface area contributed by atoms with Crippen molar-refractivity contribution in [1.29, 1.82) is 0 Å². The third-order valence-electron chi connectivity index (χ3n) is 2.54. The molecule has 1 atom stereocenters. The lowest BCUT2D eigenvalue weighted by Gasteiger charge is -2.12. The van der Waals surface area contributed by atoms with Gasteiger partial charge in [0.05, 0.1) is 12.4 Å². The normalized spacial score (nSPS) is 12.6. The van der Waals surface area contributed by atoms with E-state index in [2.05, 4.69) is 4.98 Å². The van der Waals surface area contributed by atoms with E-state index in [-0.39, 0.29) is 5.56 Å². The van der Waals surface area contributed by atoms with Crippen molar-refractivity contribution in [2.75, 3.05) is 0 Å². The first-order valence-corrected chi connectivity index (χ1v) is 5.25. The Kier molecular flexibility index (Phi) is 3.49. The first-order chi connectivity index (χ1) is 8.16. The molecule has 0 radical (unpaired) electrons. The van der Waals surface area contributed by atoms with Gasteiger partial charge < -0.3 is 9.67 Å². The Balaban J connectivity index is 2.01. The molecule has 1 heterocycles. The molecule has 0 saturated heterocycles. The highest BCUT2D eigenvalue weighted by Crippen LogP contribution is 2.21. The van der Waals surface area contributed by atoms with Crippen molar-refractivity contribution in [2.45, 2.75) is 19.1 Å². The summed E-state index contributed by atoms with van der Waals surface area (Å²) in [5, 5.41) is 9.79. The average Bonchev–Trinajstić information content (AvgIpc) is 2.78. The lowest BCUT2D eigenvalue weighted by atomic mass is 10.1. The zero-order chi connectivity index (χ0) is 12.3. The Morgan fingerprint density at radius 3 is 2.82 bits per heavy atom. The van der Waals surface area contributed by atoms with Gasteiger partial charge in [-0.15, -0.1) is 0 Å². The standard InChI is InChI=1S/C12H12F2N2O/c13-9-1-2-10(11(14)7-9)12(17)3-5-16-6-4-15-8-16/h1-2,4,6-8,12,17H,3,5H2. The second-order valence-corrected chi connectivity index (χ2v) is 3.77. The third kappa shape index (κ3) is 2.88. The van der Waals surface area contributed by atoms with Crippen molar-refractivity contribution in [3.8, 4) is 0 Å². The Hall–Kier alpha value is -1.75. The number of benzene rings is 1. The highest BCUT2D eigenvalue weighted by Gasteiger charge is 2.13. The number of hydrogen-bond donors (Lipinski definition) is 1. The van der Waals surface area contributed by atoms with Crippen LogP contribution in [0.2, 0.25) is 0 Å². The molecule has 0 fully saturated rings. The molecule has 1 aromatic carbocycles. The van der Waals surface area contributed by atoms with Gasteiger partial charge in [0.25, 0.3) is 0 Å². The fourth-order valence-electron chi connectivity index (χ4n) is 1.62. The highest BCUT2D eigenvalue weighted by atomic mass is 19.1. The molecule has 2 aromatic rings. The van der Waals surface area contributed by atoms with Gasteiger partial charge in [0.15, 0.2) is 0 Å². The minimum absolute atomic E-state index is 0.117. The second-order valence-electron chi connectivity index (χ2n) is 3.77. The lowest BCUT2D eigenvalue weighted by Crippen LogP contribution is -2.05. The third-order valence-corrected chi connectivity index (χ3v) is 2.54. The van der Waals surface area contributed by atoms with Gasteiger partial charge in [0.1, 0.15) is 11.6 Å². The molecule has 2 rings (SSSR count). The number of rotatable bonds is 4. The molecule has 0 spiro atoms. The minimum Gasteiger partial charge on any atom is -0.388 e. The molecule has 5 heteroatoms. The fraction of sp³-hybridized carbons (Fsp3) is 0.250. The van der Waals surface area contributed by atoms with Crippen molar-refractivity contribution in [3.05, 3.63) is 54.1 Å². The van der Waals surface area contributed by atoms with Crippen molar-refractivity contribution >= 4 is 0 Å². The molecule has 0 saturated carbocycles. The maximum absolute atomic E-state index is 13.3. The molecule has 0 amide bonds. The molecule has 0 aliphatic carbocycles. The van der Waals surface area contributed by atoms with E-state index in [1.54, 1.807) is 23.3 Å². The van der Waals surface area contributed by atoms with Crippen LogP contribution in [-0.4, -0.2) is 14.7 Å². The van der Waals surface area contributed by atoms with Gasteiger partial charge in [0.2, 0.25) is 0 Å². The Morgan fingerprint density at radius 1 is 1.35 bits per heavy atom. The maximum Gasteiger partial charge on any atom is 0.131 e. The van der Waals surface area contributed by atoms with Crippen LogP contribution in [0.3, 0.4) is 0 Å². The van der Waals surface area contributed by atoms with E-state index in [9.17, 15) is 13.9 Å². The van der Waals surface area contributed by atoms with Gasteiger partial charge in [-0.3, -0.25) is 0 Å². The summed E-state index contributed by atoms with van der Waals surface area (Å²) in [5.41, 5.74) is 0.117.